The molecule has 0 saturated heterocycles. The van der Waals surface area contributed by atoms with E-state index in [1.54, 1.807) is 25.3 Å². The molecule has 0 heterocycles. The highest BCUT2D eigenvalue weighted by atomic mass is 35.5. The van der Waals surface area contributed by atoms with Crippen molar-refractivity contribution in [2.24, 2.45) is 0 Å². The monoisotopic (exact) mass is 263 g/mol. The molecule has 4 heteroatoms. The fourth-order valence-corrected chi connectivity index (χ4v) is 1.86. The molecule has 94 valence electrons. The Morgan fingerprint density at radius 2 is 1.78 bits per heavy atom. The van der Waals surface area contributed by atoms with Crippen molar-refractivity contribution < 1.29 is 9.47 Å². The number of hydrogen-bond acceptors (Lipinski definition) is 3. The van der Waals surface area contributed by atoms with Gasteiger partial charge in [0, 0.05) is 23.9 Å². The predicted molar refractivity (Wildman–Crippen MR) is 73.7 cm³/mol. The second-order valence-electron chi connectivity index (χ2n) is 3.98. The van der Waals surface area contributed by atoms with Crippen LogP contribution >= 0.6 is 11.6 Å². The summed E-state index contributed by atoms with van der Waals surface area (Å²) in [6.45, 7) is 1.97. The van der Waals surface area contributed by atoms with Crippen molar-refractivity contribution in [3.05, 3.63) is 47.0 Å². The summed E-state index contributed by atoms with van der Waals surface area (Å²) in [4.78, 5) is 0. The molecule has 0 aliphatic heterocycles. The van der Waals surface area contributed by atoms with Crippen molar-refractivity contribution in [1.82, 2.24) is 0 Å². The quantitative estimate of drug-likeness (QED) is 0.851. The molecular weight excluding hydrogens is 250 g/mol. The van der Waals surface area contributed by atoms with Gasteiger partial charge in [-0.3, -0.25) is 0 Å². The van der Waals surface area contributed by atoms with Gasteiger partial charge in [-0.15, -0.1) is 0 Å². The van der Waals surface area contributed by atoms with E-state index in [9.17, 15) is 0 Å². The van der Waals surface area contributed by atoms with E-state index in [-0.39, 0.29) is 0 Å². The topological polar surface area (TPSA) is 44.5 Å². The van der Waals surface area contributed by atoms with Crippen molar-refractivity contribution in [2.45, 2.75) is 6.92 Å². The number of halogens is 1. The van der Waals surface area contributed by atoms with Crippen LogP contribution in [0.5, 0.6) is 17.2 Å². The molecule has 2 aromatic rings. The van der Waals surface area contributed by atoms with Gasteiger partial charge in [0.2, 0.25) is 0 Å². The SMILES string of the molecule is COc1cc(N)cc(Oc2ccc(C)cc2Cl)c1. The summed E-state index contributed by atoms with van der Waals surface area (Å²) in [7, 11) is 1.58. The Labute approximate surface area is 111 Å². The first-order chi connectivity index (χ1) is 8.58. The van der Waals surface area contributed by atoms with Gasteiger partial charge in [-0.25, -0.2) is 0 Å². The third-order valence-corrected chi connectivity index (χ3v) is 2.75. The summed E-state index contributed by atoms with van der Waals surface area (Å²) in [5, 5.41) is 0.566. The van der Waals surface area contributed by atoms with Gasteiger partial charge in [-0.05, 0) is 24.6 Å². The number of benzene rings is 2. The van der Waals surface area contributed by atoms with Gasteiger partial charge < -0.3 is 15.2 Å². The van der Waals surface area contributed by atoms with Crippen LogP contribution in [0.25, 0.3) is 0 Å². The highest BCUT2D eigenvalue weighted by Crippen LogP contribution is 2.32. The first-order valence-electron chi connectivity index (χ1n) is 5.47. The lowest BCUT2D eigenvalue weighted by atomic mass is 10.2. The smallest absolute Gasteiger partial charge is 0.146 e. The Balaban J connectivity index is 2.30. The van der Waals surface area contributed by atoms with Crippen LogP contribution in [0.4, 0.5) is 5.69 Å². The van der Waals surface area contributed by atoms with Gasteiger partial charge in [0.25, 0.3) is 0 Å². The Bertz CT molecular complexity index is 570. The van der Waals surface area contributed by atoms with Gasteiger partial charge in [-0.2, -0.15) is 0 Å². The molecule has 0 aliphatic carbocycles. The molecule has 3 nitrogen and oxygen atoms in total. The summed E-state index contributed by atoms with van der Waals surface area (Å²) < 4.78 is 10.8. The Morgan fingerprint density at radius 1 is 1.06 bits per heavy atom. The standard InChI is InChI=1S/C14H14ClNO2/c1-9-3-4-14(13(15)5-9)18-12-7-10(16)6-11(8-12)17-2/h3-8H,16H2,1-2H3. The number of nitrogen functional groups attached to an aromatic ring is 1. The molecule has 0 fully saturated rings. The van der Waals surface area contributed by atoms with Crippen molar-refractivity contribution >= 4 is 17.3 Å². The molecule has 0 radical (unpaired) electrons. The Hall–Kier alpha value is -1.87. The predicted octanol–water partition coefficient (Wildman–Crippen LogP) is 4.03. The minimum atomic E-state index is 0.566. The lowest BCUT2D eigenvalue weighted by Crippen LogP contribution is -1.92. The van der Waals surface area contributed by atoms with Crippen LogP contribution in [-0.2, 0) is 0 Å². The first kappa shape index (κ1) is 12.6. The van der Waals surface area contributed by atoms with Crippen molar-refractivity contribution in [3.63, 3.8) is 0 Å². The molecule has 0 amide bonds. The second-order valence-corrected chi connectivity index (χ2v) is 4.39. The van der Waals surface area contributed by atoms with Gasteiger partial charge in [0.1, 0.15) is 17.2 Å². The summed E-state index contributed by atoms with van der Waals surface area (Å²) >= 11 is 6.11. The molecule has 2 aromatic carbocycles. The molecule has 2 N–H and O–H groups in total. The van der Waals surface area contributed by atoms with Crippen molar-refractivity contribution in [3.8, 4) is 17.2 Å². The minimum absolute atomic E-state index is 0.566. The van der Waals surface area contributed by atoms with Gasteiger partial charge >= 0.3 is 0 Å². The summed E-state index contributed by atoms with van der Waals surface area (Å²) in [5.74, 6) is 1.83. The Kier molecular flexibility index (Phi) is 3.63. The lowest BCUT2D eigenvalue weighted by Gasteiger charge is -2.10. The molecule has 0 atom stereocenters. The molecule has 0 aromatic heterocycles. The normalized spacial score (nSPS) is 10.2. The zero-order valence-corrected chi connectivity index (χ0v) is 11.0. The highest BCUT2D eigenvalue weighted by Gasteiger charge is 2.05. The second kappa shape index (κ2) is 5.19. The molecule has 2 rings (SSSR count). The van der Waals surface area contributed by atoms with Crippen LogP contribution in [0.2, 0.25) is 5.02 Å². The fourth-order valence-electron chi connectivity index (χ4n) is 1.59. The van der Waals surface area contributed by atoms with Crippen LogP contribution in [0.3, 0.4) is 0 Å². The number of methoxy groups -OCH3 is 1. The minimum Gasteiger partial charge on any atom is -0.497 e. The number of nitrogens with two attached hydrogens (primary N) is 1. The maximum Gasteiger partial charge on any atom is 0.146 e. The van der Waals surface area contributed by atoms with E-state index < -0.39 is 0 Å². The number of anilines is 1. The largest absolute Gasteiger partial charge is 0.497 e. The van der Waals surface area contributed by atoms with E-state index >= 15 is 0 Å². The van der Waals surface area contributed by atoms with E-state index in [1.807, 2.05) is 25.1 Å². The van der Waals surface area contributed by atoms with Crippen LogP contribution in [0, 0.1) is 6.92 Å². The van der Waals surface area contributed by atoms with Gasteiger partial charge in [0.15, 0.2) is 0 Å². The van der Waals surface area contributed by atoms with E-state index in [4.69, 9.17) is 26.8 Å². The first-order valence-corrected chi connectivity index (χ1v) is 5.85. The van der Waals surface area contributed by atoms with Crippen LogP contribution in [0.1, 0.15) is 5.56 Å². The van der Waals surface area contributed by atoms with E-state index in [2.05, 4.69) is 0 Å². The van der Waals surface area contributed by atoms with E-state index in [0.29, 0.717) is 28.0 Å². The maximum absolute atomic E-state index is 6.11. The molecular formula is C14H14ClNO2. The van der Waals surface area contributed by atoms with Crippen LogP contribution in [-0.4, -0.2) is 7.11 Å². The molecule has 18 heavy (non-hydrogen) atoms. The third-order valence-electron chi connectivity index (χ3n) is 2.45. The molecule has 0 spiro atoms. The third kappa shape index (κ3) is 2.87. The summed E-state index contributed by atoms with van der Waals surface area (Å²) in [6.07, 6.45) is 0. The molecule has 0 saturated carbocycles. The van der Waals surface area contributed by atoms with E-state index in [0.717, 1.165) is 5.56 Å². The average molecular weight is 264 g/mol. The zero-order chi connectivity index (χ0) is 13.1. The van der Waals surface area contributed by atoms with Gasteiger partial charge in [0.05, 0.1) is 12.1 Å². The van der Waals surface area contributed by atoms with Crippen molar-refractivity contribution in [1.29, 1.82) is 0 Å². The summed E-state index contributed by atoms with van der Waals surface area (Å²) in [5.41, 5.74) is 7.42. The number of ether oxygens (including phenoxy) is 2. The van der Waals surface area contributed by atoms with Crippen molar-refractivity contribution in [2.75, 3.05) is 12.8 Å². The lowest BCUT2D eigenvalue weighted by molar-refractivity contribution is 0.409. The highest BCUT2D eigenvalue weighted by molar-refractivity contribution is 6.32. The van der Waals surface area contributed by atoms with Gasteiger partial charge in [-0.1, -0.05) is 17.7 Å². The molecule has 0 bridgehead atoms. The zero-order valence-electron chi connectivity index (χ0n) is 10.2. The maximum atomic E-state index is 6.11. The number of rotatable bonds is 3. The number of hydrogen-bond donors (Lipinski definition) is 1. The molecule has 0 unspecified atom stereocenters. The fraction of sp³-hybridized carbons (Fsp3) is 0.143. The Morgan fingerprint density at radius 3 is 2.44 bits per heavy atom. The molecule has 0 aliphatic rings. The number of aryl methyl sites for hydroxylation is 1. The van der Waals surface area contributed by atoms with Crippen LogP contribution < -0.4 is 15.2 Å². The van der Waals surface area contributed by atoms with Crippen LogP contribution in [0.15, 0.2) is 36.4 Å². The average Bonchev–Trinajstić information content (AvgIpc) is 2.32. The summed E-state index contributed by atoms with van der Waals surface area (Å²) in [6, 6.07) is 10.8. The van der Waals surface area contributed by atoms with E-state index in [1.165, 1.54) is 0 Å².